The smallest absolute Gasteiger partial charge is 0.222 e. The van der Waals surface area contributed by atoms with Crippen LogP contribution in [-0.4, -0.2) is 36.5 Å². The first-order valence-corrected chi connectivity index (χ1v) is 5.38. The van der Waals surface area contributed by atoms with Crippen LogP contribution in [0.1, 0.15) is 32.1 Å². The van der Waals surface area contributed by atoms with Gasteiger partial charge in [0, 0.05) is 25.6 Å². The quantitative estimate of drug-likeness (QED) is 0.649. The van der Waals surface area contributed by atoms with Crippen LogP contribution in [0.3, 0.4) is 0 Å². The lowest BCUT2D eigenvalue weighted by atomic mass is 10.0. The average Bonchev–Trinajstić information content (AvgIpc) is 2.20. The second-order valence-corrected chi connectivity index (χ2v) is 4.04. The molecule has 1 atom stereocenters. The Morgan fingerprint density at radius 3 is 2.92 bits per heavy atom. The number of likely N-dealkylation sites (tertiary alicyclic amines) is 1. The Hall–Kier alpha value is -0.570. The molecule has 2 fully saturated rings. The van der Waals surface area contributed by atoms with Crippen molar-refractivity contribution in [2.75, 3.05) is 19.6 Å². The highest BCUT2D eigenvalue weighted by Gasteiger charge is 2.26. The molecule has 1 N–H and O–H groups in total. The van der Waals surface area contributed by atoms with Crippen LogP contribution < -0.4 is 5.32 Å². The van der Waals surface area contributed by atoms with E-state index in [-0.39, 0.29) is 0 Å². The van der Waals surface area contributed by atoms with Gasteiger partial charge in [-0.05, 0) is 32.2 Å². The van der Waals surface area contributed by atoms with E-state index in [0.717, 1.165) is 32.5 Å². The molecule has 0 radical (unpaired) electrons. The van der Waals surface area contributed by atoms with Gasteiger partial charge in [-0.2, -0.15) is 0 Å². The largest absolute Gasteiger partial charge is 0.338 e. The number of hydrogen-bond acceptors (Lipinski definition) is 2. The maximum atomic E-state index is 11.6. The summed E-state index contributed by atoms with van der Waals surface area (Å²) in [4.78, 5) is 13.7. The normalized spacial score (nSPS) is 30.6. The summed E-state index contributed by atoms with van der Waals surface area (Å²) in [6.45, 7) is 3.12. The zero-order chi connectivity index (χ0) is 9.10. The van der Waals surface area contributed by atoms with Gasteiger partial charge in [0.05, 0.1) is 0 Å². The van der Waals surface area contributed by atoms with E-state index in [9.17, 15) is 4.79 Å². The summed E-state index contributed by atoms with van der Waals surface area (Å²) >= 11 is 0. The fourth-order valence-corrected chi connectivity index (χ4v) is 2.31. The van der Waals surface area contributed by atoms with Crippen LogP contribution in [0.25, 0.3) is 0 Å². The lowest BCUT2D eigenvalue weighted by Gasteiger charge is -2.37. The molecule has 2 aliphatic rings. The third-order valence-electron chi connectivity index (χ3n) is 3.07. The first-order valence-electron chi connectivity index (χ1n) is 5.38. The molecule has 13 heavy (non-hydrogen) atoms. The Kier molecular flexibility index (Phi) is 2.83. The SMILES string of the molecule is O=C1CCCCN1[C@@H]1CCCNC1. The van der Waals surface area contributed by atoms with Crippen molar-refractivity contribution < 1.29 is 4.79 Å². The van der Waals surface area contributed by atoms with Gasteiger partial charge in [0.15, 0.2) is 0 Å². The van der Waals surface area contributed by atoms with E-state index in [2.05, 4.69) is 10.2 Å². The Labute approximate surface area is 79.5 Å². The summed E-state index contributed by atoms with van der Waals surface area (Å²) in [6.07, 6.45) is 5.47. The Bertz CT molecular complexity index is 187. The van der Waals surface area contributed by atoms with Gasteiger partial charge in [-0.25, -0.2) is 0 Å². The van der Waals surface area contributed by atoms with Crippen LogP contribution in [0.15, 0.2) is 0 Å². The van der Waals surface area contributed by atoms with Crippen molar-refractivity contribution in [1.29, 1.82) is 0 Å². The highest BCUT2D eigenvalue weighted by atomic mass is 16.2. The topological polar surface area (TPSA) is 32.3 Å². The highest BCUT2D eigenvalue weighted by molar-refractivity contribution is 5.77. The molecule has 3 nitrogen and oxygen atoms in total. The number of amides is 1. The molecular weight excluding hydrogens is 164 g/mol. The number of nitrogens with zero attached hydrogens (tertiary/aromatic N) is 1. The molecule has 2 aliphatic heterocycles. The van der Waals surface area contributed by atoms with Crippen LogP contribution in [0.2, 0.25) is 0 Å². The van der Waals surface area contributed by atoms with Gasteiger partial charge in [-0.1, -0.05) is 0 Å². The van der Waals surface area contributed by atoms with Gasteiger partial charge in [0.2, 0.25) is 5.91 Å². The fourth-order valence-electron chi connectivity index (χ4n) is 2.31. The molecule has 0 unspecified atom stereocenters. The lowest BCUT2D eigenvalue weighted by molar-refractivity contribution is -0.136. The molecule has 0 aromatic heterocycles. The summed E-state index contributed by atoms with van der Waals surface area (Å²) < 4.78 is 0. The van der Waals surface area contributed by atoms with Crippen molar-refractivity contribution in [1.82, 2.24) is 10.2 Å². The van der Waals surface area contributed by atoms with Crippen LogP contribution in [0.5, 0.6) is 0 Å². The number of hydrogen-bond donors (Lipinski definition) is 1. The molecular formula is C10H18N2O. The number of carbonyl (C=O) groups excluding carboxylic acids is 1. The third kappa shape index (κ3) is 2.02. The molecule has 0 spiro atoms. The highest BCUT2D eigenvalue weighted by Crippen LogP contribution is 2.17. The van der Waals surface area contributed by atoms with Gasteiger partial charge < -0.3 is 10.2 Å². The molecule has 2 rings (SSSR count). The van der Waals surface area contributed by atoms with Crippen molar-refractivity contribution in [2.24, 2.45) is 0 Å². The van der Waals surface area contributed by atoms with Crippen molar-refractivity contribution in [2.45, 2.75) is 38.1 Å². The standard InChI is InChI=1S/C10H18N2O/c13-10-5-1-2-7-12(10)9-4-3-6-11-8-9/h9,11H,1-8H2/t9-/m1/s1. The molecule has 0 aromatic carbocycles. The van der Waals surface area contributed by atoms with E-state index in [1.165, 1.54) is 19.3 Å². The molecule has 0 aromatic rings. The minimum atomic E-state index is 0.375. The number of nitrogens with one attached hydrogen (secondary N) is 1. The molecule has 3 heteroatoms. The van der Waals surface area contributed by atoms with Crippen LogP contribution >= 0.6 is 0 Å². The van der Waals surface area contributed by atoms with Gasteiger partial charge in [0.1, 0.15) is 0 Å². The molecule has 2 heterocycles. The maximum absolute atomic E-state index is 11.6. The van der Waals surface area contributed by atoms with Gasteiger partial charge in [-0.3, -0.25) is 4.79 Å². The number of rotatable bonds is 1. The molecule has 2 saturated heterocycles. The minimum absolute atomic E-state index is 0.375. The van der Waals surface area contributed by atoms with E-state index in [1.807, 2.05) is 0 Å². The second-order valence-electron chi connectivity index (χ2n) is 4.04. The predicted molar refractivity (Wildman–Crippen MR) is 51.5 cm³/mol. The molecule has 0 bridgehead atoms. The summed E-state index contributed by atoms with van der Waals surface area (Å²) in [6, 6.07) is 0.488. The maximum Gasteiger partial charge on any atom is 0.222 e. The summed E-state index contributed by atoms with van der Waals surface area (Å²) in [5.74, 6) is 0.375. The first-order chi connectivity index (χ1) is 6.38. The Morgan fingerprint density at radius 2 is 2.23 bits per heavy atom. The lowest BCUT2D eigenvalue weighted by Crippen LogP contribution is -2.50. The third-order valence-corrected chi connectivity index (χ3v) is 3.07. The van der Waals surface area contributed by atoms with Gasteiger partial charge >= 0.3 is 0 Å². The van der Waals surface area contributed by atoms with E-state index in [1.54, 1.807) is 0 Å². The first kappa shape index (κ1) is 9.00. The summed E-state index contributed by atoms with van der Waals surface area (Å²) in [7, 11) is 0. The predicted octanol–water partition coefficient (Wildman–Crippen LogP) is 0.751. The summed E-state index contributed by atoms with van der Waals surface area (Å²) in [5.41, 5.74) is 0. The van der Waals surface area contributed by atoms with Crippen molar-refractivity contribution in [3.63, 3.8) is 0 Å². The molecule has 0 aliphatic carbocycles. The van der Waals surface area contributed by atoms with Crippen LogP contribution in [0.4, 0.5) is 0 Å². The van der Waals surface area contributed by atoms with E-state index >= 15 is 0 Å². The fraction of sp³-hybridized carbons (Fsp3) is 0.900. The van der Waals surface area contributed by atoms with E-state index < -0.39 is 0 Å². The zero-order valence-corrected chi connectivity index (χ0v) is 8.09. The minimum Gasteiger partial charge on any atom is -0.338 e. The average molecular weight is 182 g/mol. The van der Waals surface area contributed by atoms with Crippen molar-refractivity contribution in [3.05, 3.63) is 0 Å². The Morgan fingerprint density at radius 1 is 1.31 bits per heavy atom. The summed E-state index contributed by atoms with van der Waals surface area (Å²) in [5, 5.41) is 3.36. The van der Waals surface area contributed by atoms with E-state index in [4.69, 9.17) is 0 Å². The van der Waals surface area contributed by atoms with Crippen molar-refractivity contribution >= 4 is 5.91 Å². The van der Waals surface area contributed by atoms with Gasteiger partial charge in [0.25, 0.3) is 0 Å². The molecule has 0 saturated carbocycles. The monoisotopic (exact) mass is 182 g/mol. The van der Waals surface area contributed by atoms with Gasteiger partial charge in [-0.15, -0.1) is 0 Å². The van der Waals surface area contributed by atoms with Crippen LogP contribution in [-0.2, 0) is 4.79 Å². The molecule has 74 valence electrons. The zero-order valence-electron chi connectivity index (χ0n) is 8.09. The second kappa shape index (κ2) is 4.09. The van der Waals surface area contributed by atoms with Crippen LogP contribution in [0, 0.1) is 0 Å². The Balaban J connectivity index is 1.92. The number of carbonyl (C=O) groups is 1. The number of piperidine rings is 2. The molecule has 1 amide bonds. The van der Waals surface area contributed by atoms with Crippen molar-refractivity contribution in [3.8, 4) is 0 Å². The van der Waals surface area contributed by atoms with E-state index in [0.29, 0.717) is 11.9 Å².